The molecular weight excluding hydrogens is 390 g/mol. The van der Waals surface area contributed by atoms with E-state index in [-0.39, 0.29) is 23.4 Å². The number of esters is 1. The molecule has 7 heteroatoms. The van der Waals surface area contributed by atoms with E-state index in [0.717, 1.165) is 11.1 Å². The van der Waals surface area contributed by atoms with Crippen molar-refractivity contribution in [1.29, 1.82) is 0 Å². The molecule has 3 rings (SSSR count). The molecule has 0 aromatic heterocycles. The lowest BCUT2D eigenvalue weighted by Gasteiger charge is -2.30. The van der Waals surface area contributed by atoms with Gasteiger partial charge in [0.2, 0.25) is 10.0 Å². The van der Waals surface area contributed by atoms with E-state index in [2.05, 4.69) is 0 Å². The number of nitrogens with zero attached hydrogens (tertiary/aromatic N) is 1. The van der Waals surface area contributed by atoms with Crippen LogP contribution < -0.4 is 4.74 Å². The molecule has 0 saturated carbocycles. The molecule has 1 saturated heterocycles. The van der Waals surface area contributed by atoms with Crippen molar-refractivity contribution in [2.45, 2.75) is 38.2 Å². The van der Waals surface area contributed by atoms with Crippen LogP contribution in [0.4, 0.5) is 0 Å². The molecule has 156 valence electrons. The van der Waals surface area contributed by atoms with Crippen molar-refractivity contribution in [2.24, 2.45) is 5.92 Å². The monoisotopic (exact) mass is 417 g/mol. The Labute approximate surface area is 172 Å². The molecule has 1 aliphatic heterocycles. The predicted octanol–water partition coefficient (Wildman–Crippen LogP) is 3.54. The molecule has 0 aliphatic carbocycles. The summed E-state index contributed by atoms with van der Waals surface area (Å²) in [5.74, 6) is 0.109. The fourth-order valence-electron chi connectivity index (χ4n) is 3.31. The summed E-state index contributed by atoms with van der Waals surface area (Å²) < 4.78 is 37.9. The van der Waals surface area contributed by atoms with Crippen molar-refractivity contribution >= 4 is 16.0 Å². The lowest BCUT2D eigenvalue weighted by molar-refractivity contribution is -0.151. The predicted molar refractivity (Wildman–Crippen MR) is 110 cm³/mol. The Hall–Kier alpha value is -2.38. The van der Waals surface area contributed by atoms with Crippen LogP contribution in [-0.2, 0) is 26.2 Å². The number of aryl methyl sites for hydroxylation is 1. The summed E-state index contributed by atoms with van der Waals surface area (Å²) in [4.78, 5) is 12.6. The quantitative estimate of drug-likeness (QED) is 0.645. The minimum absolute atomic E-state index is 0.237. The highest BCUT2D eigenvalue weighted by Crippen LogP contribution is 2.26. The molecule has 29 heavy (non-hydrogen) atoms. The zero-order chi connectivity index (χ0) is 20.9. The van der Waals surface area contributed by atoms with Gasteiger partial charge in [0.05, 0.1) is 17.4 Å². The van der Waals surface area contributed by atoms with E-state index in [1.807, 2.05) is 38.1 Å². The van der Waals surface area contributed by atoms with Gasteiger partial charge in [-0.2, -0.15) is 4.31 Å². The van der Waals surface area contributed by atoms with Crippen molar-refractivity contribution < 1.29 is 22.7 Å². The molecular formula is C22H27NO5S. The number of rotatable bonds is 7. The Morgan fingerprint density at radius 2 is 1.66 bits per heavy atom. The first-order valence-electron chi connectivity index (χ1n) is 9.85. The van der Waals surface area contributed by atoms with Crippen molar-refractivity contribution in [3.8, 4) is 5.75 Å². The van der Waals surface area contributed by atoms with Crippen molar-refractivity contribution in [2.75, 3.05) is 19.7 Å². The summed E-state index contributed by atoms with van der Waals surface area (Å²) in [5, 5.41) is 0. The summed E-state index contributed by atoms with van der Waals surface area (Å²) in [6, 6.07) is 14.3. The van der Waals surface area contributed by atoms with E-state index in [4.69, 9.17) is 9.47 Å². The smallest absolute Gasteiger partial charge is 0.309 e. The van der Waals surface area contributed by atoms with Crippen LogP contribution in [0.2, 0.25) is 0 Å². The second kappa shape index (κ2) is 9.41. The van der Waals surface area contributed by atoms with Gasteiger partial charge in [0, 0.05) is 13.1 Å². The molecule has 1 aliphatic rings. The number of hydrogen-bond acceptors (Lipinski definition) is 5. The van der Waals surface area contributed by atoms with Gasteiger partial charge in [-0.15, -0.1) is 0 Å². The molecule has 0 unspecified atom stereocenters. The Morgan fingerprint density at radius 3 is 2.24 bits per heavy atom. The highest BCUT2D eigenvalue weighted by molar-refractivity contribution is 7.89. The lowest BCUT2D eigenvalue weighted by atomic mass is 9.98. The summed E-state index contributed by atoms with van der Waals surface area (Å²) in [6.45, 7) is 5.26. The normalized spacial score (nSPS) is 15.8. The van der Waals surface area contributed by atoms with Gasteiger partial charge in [-0.3, -0.25) is 4.79 Å². The lowest BCUT2D eigenvalue weighted by Crippen LogP contribution is -2.40. The topological polar surface area (TPSA) is 72.9 Å². The molecule has 0 bridgehead atoms. The largest absolute Gasteiger partial charge is 0.494 e. The number of piperidine rings is 1. The van der Waals surface area contributed by atoms with Gasteiger partial charge in [-0.25, -0.2) is 8.42 Å². The van der Waals surface area contributed by atoms with Gasteiger partial charge < -0.3 is 9.47 Å². The molecule has 0 spiro atoms. The maximum atomic E-state index is 12.8. The molecule has 0 N–H and O–H groups in total. The summed E-state index contributed by atoms with van der Waals surface area (Å²) >= 11 is 0. The van der Waals surface area contributed by atoms with Crippen molar-refractivity contribution in [3.63, 3.8) is 0 Å². The number of sulfonamides is 1. The number of ether oxygens (including phenoxy) is 2. The molecule has 0 amide bonds. The van der Waals surface area contributed by atoms with Crippen LogP contribution in [0.15, 0.2) is 53.4 Å². The third kappa shape index (κ3) is 5.36. The van der Waals surface area contributed by atoms with Crippen LogP contribution in [0.3, 0.4) is 0 Å². The maximum Gasteiger partial charge on any atom is 0.309 e. The summed E-state index contributed by atoms with van der Waals surface area (Å²) in [6.07, 6.45) is 0.923. The van der Waals surface area contributed by atoms with E-state index in [1.54, 1.807) is 24.3 Å². The van der Waals surface area contributed by atoms with Gasteiger partial charge in [0.1, 0.15) is 12.4 Å². The first-order chi connectivity index (χ1) is 13.9. The number of carbonyl (C=O) groups is 1. The third-order valence-corrected chi connectivity index (χ3v) is 6.97. The van der Waals surface area contributed by atoms with Crippen LogP contribution in [-0.4, -0.2) is 38.4 Å². The van der Waals surface area contributed by atoms with E-state index in [0.29, 0.717) is 38.3 Å². The second-order valence-corrected chi connectivity index (χ2v) is 9.11. The van der Waals surface area contributed by atoms with Gasteiger partial charge >= 0.3 is 5.97 Å². The fraction of sp³-hybridized carbons (Fsp3) is 0.409. The molecule has 6 nitrogen and oxygen atoms in total. The molecule has 1 heterocycles. The highest BCUT2D eigenvalue weighted by atomic mass is 32.2. The van der Waals surface area contributed by atoms with E-state index in [1.165, 1.54) is 4.31 Å². The van der Waals surface area contributed by atoms with Crippen LogP contribution in [0.5, 0.6) is 5.75 Å². The average molecular weight is 418 g/mol. The van der Waals surface area contributed by atoms with Gasteiger partial charge in [0.25, 0.3) is 0 Å². The Bertz CT molecular complexity index is 915. The fourth-order valence-corrected chi connectivity index (χ4v) is 4.78. The van der Waals surface area contributed by atoms with Gasteiger partial charge in [0.15, 0.2) is 0 Å². The highest BCUT2D eigenvalue weighted by Gasteiger charge is 2.32. The van der Waals surface area contributed by atoms with Gasteiger partial charge in [-0.1, -0.05) is 29.8 Å². The Kier molecular flexibility index (Phi) is 6.92. The maximum absolute atomic E-state index is 12.8. The minimum Gasteiger partial charge on any atom is -0.494 e. The number of carbonyl (C=O) groups excluding carboxylic acids is 1. The molecule has 0 radical (unpaired) electrons. The number of hydrogen-bond donors (Lipinski definition) is 0. The summed E-state index contributed by atoms with van der Waals surface area (Å²) in [7, 11) is -3.58. The van der Waals surface area contributed by atoms with Gasteiger partial charge in [-0.05, 0) is 56.5 Å². The summed E-state index contributed by atoms with van der Waals surface area (Å²) in [5.41, 5.74) is 2.10. The van der Waals surface area contributed by atoms with Crippen molar-refractivity contribution in [3.05, 3.63) is 59.7 Å². The Balaban J connectivity index is 1.53. The van der Waals surface area contributed by atoms with Crippen LogP contribution in [0.1, 0.15) is 30.9 Å². The first kappa shape index (κ1) is 21.3. The minimum atomic E-state index is -3.58. The standard InChI is InChI=1S/C22H27NO5S/c1-3-27-20-8-10-21(11-9-20)29(25,26)23-14-12-19(13-15-23)22(24)28-16-18-6-4-17(2)5-7-18/h4-11,19H,3,12-16H2,1-2H3. The molecule has 2 aromatic rings. The third-order valence-electron chi connectivity index (χ3n) is 5.06. The average Bonchev–Trinajstić information content (AvgIpc) is 2.74. The van der Waals surface area contributed by atoms with Crippen LogP contribution >= 0.6 is 0 Å². The van der Waals surface area contributed by atoms with Crippen LogP contribution in [0.25, 0.3) is 0 Å². The Morgan fingerprint density at radius 1 is 1.03 bits per heavy atom. The van der Waals surface area contributed by atoms with E-state index >= 15 is 0 Å². The van der Waals surface area contributed by atoms with Crippen LogP contribution in [0, 0.1) is 12.8 Å². The van der Waals surface area contributed by atoms with E-state index in [9.17, 15) is 13.2 Å². The zero-order valence-corrected chi connectivity index (χ0v) is 17.7. The molecule has 1 fully saturated rings. The van der Waals surface area contributed by atoms with E-state index < -0.39 is 10.0 Å². The first-order valence-corrected chi connectivity index (χ1v) is 11.3. The SMILES string of the molecule is CCOc1ccc(S(=O)(=O)N2CCC(C(=O)OCc3ccc(C)cc3)CC2)cc1. The molecule has 2 aromatic carbocycles. The second-order valence-electron chi connectivity index (χ2n) is 7.18. The zero-order valence-electron chi connectivity index (χ0n) is 16.8. The number of benzene rings is 2. The van der Waals surface area contributed by atoms with Crippen molar-refractivity contribution in [1.82, 2.24) is 4.31 Å². The molecule has 0 atom stereocenters.